The Balaban J connectivity index is 1.18. The first-order chi connectivity index (χ1) is 29.5. The van der Waals surface area contributed by atoms with Crippen molar-refractivity contribution in [2.24, 2.45) is 0 Å². The van der Waals surface area contributed by atoms with Gasteiger partial charge in [-0.05, 0) is 89.2 Å². The summed E-state index contributed by atoms with van der Waals surface area (Å²) in [7, 11) is 0. The van der Waals surface area contributed by atoms with Crippen LogP contribution >= 0.6 is 11.8 Å². The Hall–Kier alpha value is -4.69. The Morgan fingerprint density at radius 2 is 1.10 bits per heavy atom. The smallest absolute Gasteiger partial charge is 0.122 e. The molecule has 1 spiro atoms. The highest BCUT2D eigenvalue weighted by molar-refractivity contribution is 8.01. The minimum Gasteiger partial charge on any atom is -0.494 e. The second-order valence-electron chi connectivity index (χ2n) is 16.2. The van der Waals surface area contributed by atoms with E-state index in [0.29, 0.717) is 33.0 Å². The molecule has 6 aromatic carbocycles. The number of ether oxygens (including phenoxy) is 5. The molecule has 6 atom stereocenters. The van der Waals surface area contributed by atoms with Crippen LogP contribution in [-0.4, -0.2) is 35.8 Å². The summed E-state index contributed by atoms with van der Waals surface area (Å²) in [6, 6.07) is 55.7. The first kappa shape index (κ1) is 42.0. The van der Waals surface area contributed by atoms with Gasteiger partial charge in [0.25, 0.3) is 0 Å². The van der Waals surface area contributed by atoms with Gasteiger partial charge in [0.05, 0.1) is 49.1 Å². The van der Waals surface area contributed by atoms with E-state index in [-0.39, 0.29) is 34.4 Å². The molecular formula is C54H58O5S. The maximum absolute atomic E-state index is 7.20. The van der Waals surface area contributed by atoms with Crippen LogP contribution in [0.15, 0.2) is 158 Å². The van der Waals surface area contributed by atoms with Gasteiger partial charge in [-0.3, -0.25) is 0 Å². The minimum atomic E-state index is -0.387. The Morgan fingerprint density at radius 3 is 1.67 bits per heavy atom. The Labute approximate surface area is 361 Å². The Bertz CT molecular complexity index is 2230. The zero-order valence-corrected chi connectivity index (χ0v) is 36.0. The van der Waals surface area contributed by atoms with Gasteiger partial charge in [-0.1, -0.05) is 165 Å². The molecule has 1 aliphatic heterocycles. The second-order valence-corrected chi connectivity index (χ2v) is 17.7. The molecule has 5 nitrogen and oxygen atoms in total. The summed E-state index contributed by atoms with van der Waals surface area (Å²) in [6.45, 7) is 9.10. The van der Waals surface area contributed by atoms with E-state index in [1.54, 1.807) is 0 Å². The number of aryl methyl sites for hydroxylation is 2. The molecule has 0 N–H and O–H groups in total. The predicted molar refractivity (Wildman–Crippen MR) is 243 cm³/mol. The molecule has 6 aromatic rings. The molecule has 6 heteroatoms. The van der Waals surface area contributed by atoms with E-state index in [9.17, 15) is 0 Å². The van der Waals surface area contributed by atoms with Gasteiger partial charge in [0.2, 0.25) is 0 Å². The zero-order chi connectivity index (χ0) is 41.2. The lowest BCUT2D eigenvalue weighted by Crippen LogP contribution is -2.56. The van der Waals surface area contributed by atoms with Crippen molar-refractivity contribution in [2.45, 2.75) is 107 Å². The molecule has 1 saturated carbocycles. The van der Waals surface area contributed by atoms with E-state index >= 15 is 0 Å². The highest BCUT2D eigenvalue weighted by Gasteiger charge is 2.69. The van der Waals surface area contributed by atoms with Gasteiger partial charge >= 0.3 is 0 Å². The van der Waals surface area contributed by atoms with Crippen molar-refractivity contribution in [3.8, 4) is 5.75 Å². The van der Waals surface area contributed by atoms with Crippen molar-refractivity contribution in [3.63, 3.8) is 0 Å². The van der Waals surface area contributed by atoms with Crippen molar-refractivity contribution in [2.75, 3.05) is 6.61 Å². The highest BCUT2D eigenvalue weighted by atomic mass is 32.2. The van der Waals surface area contributed by atoms with Crippen LogP contribution in [0.1, 0.15) is 82.0 Å². The average Bonchev–Trinajstić information content (AvgIpc) is 3.99. The molecule has 0 bridgehead atoms. The second kappa shape index (κ2) is 20.2. The van der Waals surface area contributed by atoms with E-state index in [2.05, 4.69) is 178 Å². The third-order valence-electron chi connectivity index (χ3n) is 11.8. The highest BCUT2D eigenvalue weighted by Crippen LogP contribution is 2.64. The third-order valence-corrected chi connectivity index (χ3v) is 13.7. The lowest BCUT2D eigenvalue weighted by atomic mass is 9.91. The van der Waals surface area contributed by atoms with Crippen LogP contribution in [0.5, 0.6) is 5.75 Å². The van der Waals surface area contributed by atoms with E-state index in [1.807, 2.05) is 11.8 Å². The number of hydrogen-bond acceptors (Lipinski definition) is 6. The van der Waals surface area contributed by atoms with Crippen LogP contribution in [-0.2, 0) is 58.2 Å². The lowest BCUT2D eigenvalue weighted by molar-refractivity contribution is -0.162. The molecule has 1 saturated heterocycles. The van der Waals surface area contributed by atoms with Gasteiger partial charge < -0.3 is 23.7 Å². The Morgan fingerprint density at radius 1 is 0.550 bits per heavy atom. The van der Waals surface area contributed by atoms with Crippen molar-refractivity contribution >= 4 is 11.8 Å². The molecule has 1 heterocycles. The fourth-order valence-electron chi connectivity index (χ4n) is 8.55. The monoisotopic (exact) mass is 818 g/mol. The van der Waals surface area contributed by atoms with Crippen LogP contribution in [0.4, 0.5) is 0 Å². The molecule has 60 heavy (non-hydrogen) atoms. The zero-order valence-electron chi connectivity index (χ0n) is 35.2. The predicted octanol–water partition coefficient (Wildman–Crippen LogP) is 12.2. The standard InChI is InChI=1S/C54H58O5S/c1-4-18-45-31-44(28-30-48(45)55-5-2)32-47-33-46(29-27-39(47)3)52-50(57-36-41-21-12-7-13-22-41)51(58-37-42-23-14-8-15-24-42)53(59-38-43-25-16-9-17-26-43)54(60-52)34-49(54)56-35-40-19-10-6-11-20-40/h6-17,19-31,33,49-53H,4-5,18,32,34-38H2,1-3H3/t49-,50+,51+,52-,53-,54?/m0/s1. The first-order valence-electron chi connectivity index (χ1n) is 21.7. The maximum Gasteiger partial charge on any atom is 0.122 e. The molecule has 0 aromatic heterocycles. The third kappa shape index (κ3) is 10.2. The summed E-state index contributed by atoms with van der Waals surface area (Å²) in [5.41, 5.74) is 10.9. The van der Waals surface area contributed by atoms with E-state index < -0.39 is 0 Å². The van der Waals surface area contributed by atoms with Gasteiger partial charge in [0, 0.05) is 0 Å². The lowest BCUT2D eigenvalue weighted by Gasteiger charge is -2.47. The molecule has 0 amide bonds. The van der Waals surface area contributed by atoms with Gasteiger partial charge in [0.15, 0.2) is 0 Å². The van der Waals surface area contributed by atoms with E-state index in [4.69, 9.17) is 23.7 Å². The molecule has 1 unspecified atom stereocenters. The Kier molecular flexibility index (Phi) is 14.2. The van der Waals surface area contributed by atoms with Crippen LogP contribution in [0.3, 0.4) is 0 Å². The van der Waals surface area contributed by atoms with Crippen LogP contribution < -0.4 is 4.74 Å². The van der Waals surface area contributed by atoms with Gasteiger partial charge in [0.1, 0.15) is 24.1 Å². The van der Waals surface area contributed by atoms with Crippen LogP contribution in [0.25, 0.3) is 0 Å². The molecule has 0 radical (unpaired) electrons. The molecule has 2 fully saturated rings. The number of thioether (sulfide) groups is 1. The van der Waals surface area contributed by atoms with E-state index in [1.165, 1.54) is 33.4 Å². The molecule has 1 aliphatic carbocycles. The summed E-state index contributed by atoms with van der Waals surface area (Å²) in [4.78, 5) is 0. The normalized spacial score (nSPS) is 22.1. The van der Waals surface area contributed by atoms with Gasteiger partial charge in [-0.15, -0.1) is 11.8 Å². The van der Waals surface area contributed by atoms with Crippen LogP contribution in [0, 0.1) is 6.92 Å². The first-order valence-corrected chi connectivity index (χ1v) is 22.5. The van der Waals surface area contributed by atoms with E-state index in [0.717, 1.165) is 48.1 Å². The fourth-order valence-corrected chi connectivity index (χ4v) is 10.5. The van der Waals surface area contributed by atoms with Crippen molar-refractivity contribution in [1.29, 1.82) is 0 Å². The molecular weight excluding hydrogens is 761 g/mol. The molecule has 310 valence electrons. The topological polar surface area (TPSA) is 46.2 Å². The molecule has 2 aliphatic rings. The van der Waals surface area contributed by atoms with Crippen LogP contribution in [0.2, 0.25) is 0 Å². The van der Waals surface area contributed by atoms with Crippen molar-refractivity contribution < 1.29 is 23.7 Å². The maximum atomic E-state index is 7.20. The number of rotatable bonds is 19. The summed E-state index contributed by atoms with van der Waals surface area (Å²) in [5, 5.41) is -0.0493. The fraction of sp³-hybridized carbons (Fsp3) is 0.333. The molecule has 8 rings (SSSR count). The SMILES string of the molecule is CCCc1cc(Cc2cc([C@@H]3SC4(C[C@@H]4OCc4ccccc4)[C@@H](OCc4ccccc4)[C@H](OCc4ccccc4)[C@H]3OCc3ccccc3)ccc2C)ccc1OCC. The number of hydrogen-bond donors (Lipinski definition) is 0. The van der Waals surface area contributed by atoms with Gasteiger partial charge in [-0.25, -0.2) is 0 Å². The summed E-state index contributed by atoms with van der Waals surface area (Å²) >= 11 is 1.97. The summed E-state index contributed by atoms with van der Waals surface area (Å²) in [5.74, 6) is 0.995. The summed E-state index contributed by atoms with van der Waals surface area (Å²) < 4.78 is 34.1. The largest absolute Gasteiger partial charge is 0.494 e. The van der Waals surface area contributed by atoms with Crippen molar-refractivity contribution in [3.05, 3.63) is 208 Å². The van der Waals surface area contributed by atoms with Crippen molar-refractivity contribution in [1.82, 2.24) is 0 Å². The number of benzene rings is 6. The van der Waals surface area contributed by atoms with Gasteiger partial charge in [-0.2, -0.15) is 0 Å². The summed E-state index contributed by atoms with van der Waals surface area (Å²) in [6.07, 6.45) is 2.74. The quantitative estimate of drug-likeness (QED) is 0.0811. The average molecular weight is 819 g/mol. The minimum absolute atomic E-state index is 0.0189.